The van der Waals surface area contributed by atoms with Gasteiger partial charge in [-0.25, -0.2) is 0 Å². The highest BCUT2D eigenvalue weighted by molar-refractivity contribution is 6.32. The van der Waals surface area contributed by atoms with Crippen molar-refractivity contribution in [1.82, 2.24) is 10.6 Å². The predicted molar refractivity (Wildman–Crippen MR) is 96.6 cm³/mol. The predicted octanol–water partition coefficient (Wildman–Crippen LogP) is 0.342. The molecule has 142 valence electrons. The van der Waals surface area contributed by atoms with E-state index in [-0.39, 0.29) is 5.92 Å². The molecule has 0 bridgehead atoms. The first-order valence-corrected chi connectivity index (χ1v) is 8.21. The van der Waals surface area contributed by atoms with Crippen molar-refractivity contribution in [3.8, 4) is 5.75 Å². The highest BCUT2D eigenvalue weighted by Gasteiger charge is 2.20. The van der Waals surface area contributed by atoms with Crippen LogP contribution < -0.4 is 15.4 Å². The zero-order chi connectivity index (χ0) is 19.5. The molecule has 8 nitrogen and oxygen atoms in total. The molecule has 0 heterocycles. The summed E-state index contributed by atoms with van der Waals surface area (Å²) >= 11 is 0. The van der Waals surface area contributed by atoms with Crippen LogP contribution in [0.3, 0.4) is 0 Å². The van der Waals surface area contributed by atoms with E-state index in [0.717, 1.165) is 23.5 Å². The Morgan fingerprint density at radius 1 is 1.15 bits per heavy atom. The minimum absolute atomic E-state index is 0.163. The fraction of sp³-hybridized carbons (Fsp3) is 0.412. The number of ether oxygens (including phenoxy) is 1. The summed E-state index contributed by atoms with van der Waals surface area (Å²) < 4.78 is 9.85. The lowest BCUT2D eigenvalue weighted by molar-refractivity contribution is -0.120. The van der Waals surface area contributed by atoms with Gasteiger partial charge in [0, 0.05) is 18.7 Å². The molecule has 1 rings (SSSR count). The smallest absolute Gasteiger partial charge is 0.497 e. The Morgan fingerprint density at radius 3 is 2.31 bits per heavy atom. The fourth-order valence-corrected chi connectivity index (χ4v) is 2.07. The van der Waals surface area contributed by atoms with Gasteiger partial charge in [0.15, 0.2) is 0 Å². The number of carbonyl (C=O) groups excluding carboxylic acids is 2. The van der Waals surface area contributed by atoms with Gasteiger partial charge in [-0.1, -0.05) is 26.0 Å². The van der Waals surface area contributed by atoms with Crippen LogP contribution in [0.2, 0.25) is 0 Å². The van der Waals surface area contributed by atoms with E-state index in [1.165, 1.54) is 0 Å². The van der Waals surface area contributed by atoms with Gasteiger partial charge in [-0.15, -0.1) is 0 Å². The third-order valence-corrected chi connectivity index (χ3v) is 3.29. The number of rotatable bonds is 10. The van der Waals surface area contributed by atoms with Crippen LogP contribution in [0.1, 0.15) is 25.8 Å². The molecular weight excluding hydrogens is 339 g/mol. The molecule has 0 fully saturated rings. The quantitative estimate of drug-likeness (QED) is 0.270. The molecule has 0 unspecified atom stereocenters. The summed E-state index contributed by atoms with van der Waals surface area (Å²) in [4.78, 5) is 23.6. The first kappa shape index (κ1) is 21.7. The zero-order valence-electron chi connectivity index (χ0n) is 15.1. The van der Waals surface area contributed by atoms with Crippen molar-refractivity contribution < 1.29 is 29.0 Å². The number of nitrogens with one attached hydrogen (secondary N) is 2. The summed E-state index contributed by atoms with van der Waals surface area (Å²) in [6, 6.07) is 7.22. The van der Waals surface area contributed by atoms with Crippen molar-refractivity contribution in [3.63, 3.8) is 0 Å². The number of hydrogen-bond donors (Lipinski definition) is 4. The highest BCUT2D eigenvalue weighted by Crippen LogP contribution is 2.11. The normalized spacial score (nSPS) is 12.1. The molecule has 0 aliphatic heterocycles. The van der Waals surface area contributed by atoms with Crippen molar-refractivity contribution in [3.05, 3.63) is 42.0 Å². The van der Waals surface area contributed by atoms with Crippen LogP contribution in [-0.4, -0.2) is 42.5 Å². The van der Waals surface area contributed by atoms with Gasteiger partial charge in [-0.2, -0.15) is 0 Å². The molecule has 4 N–H and O–H groups in total. The van der Waals surface area contributed by atoms with Gasteiger partial charge in [-0.05, 0) is 30.0 Å². The molecule has 0 saturated heterocycles. The lowest BCUT2D eigenvalue weighted by atomic mass is 10.1. The first-order chi connectivity index (χ1) is 12.3. The van der Waals surface area contributed by atoms with E-state index in [1.54, 1.807) is 19.2 Å². The molecule has 0 saturated carbocycles. The molecule has 1 aromatic carbocycles. The van der Waals surface area contributed by atoms with E-state index in [2.05, 4.69) is 10.6 Å². The highest BCUT2D eigenvalue weighted by atomic mass is 16.6. The first-order valence-electron chi connectivity index (χ1n) is 8.21. The largest absolute Gasteiger partial charge is 0.635 e. The number of methoxy groups -OCH3 is 1. The minimum Gasteiger partial charge on any atom is -0.497 e. The van der Waals surface area contributed by atoms with Crippen molar-refractivity contribution >= 4 is 19.1 Å². The third kappa shape index (κ3) is 9.21. The van der Waals surface area contributed by atoms with Crippen LogP contribution in [0.5, 0.6) is 5.75 Å². The molecule has 2 amide bonds. The van der Waals surface area contributed by atoms with Crippen LogP contribution in [0.25, 0.3) is 0 Å². The van der Waals surface area contributed by atoms with Gasteiger partial charge in [0.2, 0.25) is 11.8 Å². The summed E-state index contributed by atoms with van der Waals surface area (Å²) in [7, 11) is -0.416. The van der Waals surface area contributed by atoms with Crippen LogP contribution in [-0.2, 0) is 20.8 Å². The zero-order valence-corrected chi connectivity index (χ0v) is 15.1. The Labute approximate surface area is 153 Å². The molecule has 1 atom stereocenters. The SMILES string of the molecule is COc1ccc(CNC(=O)/C=C/C(=O)N[C@@H](CC(C)C)OB(O)O)cc1. The van der Waals surface area contributed by atoms with Crippen LogP contribution in [0.4, 0.5) is 0 Å². The summed E-state index contributed by atoms with van der Waals surface area (Å²) in [6.07, 6.45) is 1.68. The Morgan fingerprint density at radius 2 is 1.77 bits per heavy atom. The number of benzene rings is 1. The Balaban J connectivity index is 2.45. The van der Waals surface area contributed by atoms with Crippen molar-refractivity contribution in [2.75, 3.05) is 7.11 Å². The van der Waals surface area contributed by atoms with Gasteiger partial charge in [0.1, 0.15) is 12.0 Å². The van der Waals surface area contributed by atoms with Crippen LogP contribution in [0.15, 0.2) is 36.4 Å². The maximum Gasteiger partial charge on any atom is 0.635 e. The molecule has 0 radical (unpaired) electrons. The third-order valence-electron chi connectivity index (χ3n) is 3.29. The van der Waals surface area contributed by atoms with Crippen molar-refractivity contribution in [2.45, 2.75) is 33.0 Å². The molecular formula is C17H25BN2O6. The molecule has 26 heavy (non-hydrogen) atoms. The lowest BCUT2D eigenvalue weighted by Gasteiger charge is -2.20. The fourth-order valence-electron chi connectivity index (χ4n) is 2.07. The maximum atomic E-state index is 11.8. The summed E-state index contributed by atoms with van der Waals surface area (Å²) in [5.74, 6) is -0.117. The topological polar surface area (TPSA) is 117 Å². The van der Waals surface area contributed by atoms with E-state index in [4.69, 9.17) is 19.4 Å². The molecule has 1 aromatic rings. The van der Waals surface area contributed by atoms with Crippen LogP contribution >= 0.6 is 0 Å². The van der Waals surface area contributed by atoms with E-state index in [0.29, 0.717) is 13.0 Å². The Kier molecular flexibility index (Phi) is 9.42. The average molecular weight is 364 g/mol. The molecule has 0 aliphatic rings. The average Bonchev–Trinajstić information content (AvgIpc) is 2.57. The van der Waals surface area contributed by atoms with E-state index >= 15 is 0 Å². The summed E-state index contributed by atoms with van der Waals surface area (Å²) in [5.41, 5.74) is 0.888. The van der Waals surface area contributed by atoms with Crippen molar-refractivity contribution in [1.29, 1.82) is 0 Å². The second kappa shape index (κ2) is 11.3. The van der Waals surface area contributed by atoms with Gasteiger partial charge in [0.25, 0.3) is 0 Å². The summed E-state index contributed by atoms with van der Waals surface area (Å²) in [6.45, 7) is 4.11. The standard InChI is InChI=1S/C17H25BN2O6/c1-12(2)10-17(26-18(23)24)20-16(22)9-8-15(21)19-11-13-4-6-14(25-3)7-5-13/h4-9,12,17,23-24H,10-11H2,1-3H3,(H,19,21)(H,20,22)/b9-8+/t17-/m1/s1. The number of amides is 2. The molecule has 9 heteroatoms. The Bertz CT molecular complexity index is 594. The van der Waals surface area contributed by atoms with Gasteiger partial charge in [0.05, 0.1) is 7.11 Å². The lowest BCUT2D eigenvalue weighted by Crippen LogP contribution is -2.41. The molecule has 0 aliphatic carbocycles. The second-order valence-electron chi connectivity index (χ2n) is 5.99. The second-order valence-corrected chi connectivity index (χ2v) is 5.99. The van der Waals surface area contributed by atoms with E-state index in [9.17, 15) is 9.59 Å². The molecule has 0 aromatic heterocycles. The van der Waals surface area contributed by atoms with E-state index in [1.807, 2.05) is 26.0 Å². The Hall–Kier alpha value is -2.36. The minimum atomic E-state index is -1.99. The molecule has 0 spiro atoms. The van der Waals surface area contributed by atoms with E-state index < -0.39 is 25.4 Å². The monoisotopic (exact) mass is 364 g/mol. The number of hydrogen-bond acceptors (Lipinski definition) is 6. The number of carbonyl (C=O) groups is 2. The van der Waals surface area contributed by atoms with Gasteiger partial charge >= 0.3 is 7.32 Å². The van der Waals surface area contributed by atoms with Crippen LogP contribution in [0, 0.1) is 5.92 Å². The van der Waals surface area contributed by atoms with Gasteiger partial charge in [-0.3, -0.25) is 9.59 Å². The van der Waals surface area contributed by atoms with Gasteiger partial charge < -0.3 is 30.1 Å². The maximum absolute atomic E-state index is 11.8. The summed E-state index contributed by atoms with van der Waals surface area (Å²) in [5, 5.41) is 22.9. The van der Waals surface area contributed by atoms with Crippen molar-refractivity contribution in [2.24, 2.45) is 5.92 Å².